The zero-order valence-electron chi connectivity index (χ0n) is 13.2. The summed E-state index contributed by atoms with van der Waals surface area (Å²) in [7, 11) is 0. The Morgan fingerprint density at radius 1 is 1.45 bits per heavy atom. The first-order chi connectivity index (χ1) is 10.2. The quantitative estimate of drug-likeness (QED) is 0.572. The Kier molecular flexibility index (Phi) is 4.77. The lowest BCUT2D eigenvalue weighted by Gasteiger charge is -2.19. The van der Waals surface area contributed by atoms with Crippen LogP contribution in [-0.4, -0.2) is 27.0 Å². The summed E-state index contributed by atoms with van der Waals surface area (Å²) in [6.45, 7) is 8.44. The third-order valence-electron chi connectivity index (χ3n) is 3.24. The summed E-state index contributed by atoms with van der Waals surface area (Å²) < 4.78 is 3.04. The number of aryl methyl sites for hydroxylation is 1. The van der Waals surface area contributed by atoms with E-state index in [0.717, 1.165) is 27.8 Å². The van der Waals surface area contributed by atoms with E-state index in [4.69, 9.17) is 5.21 Å². The molecule has 2 aromatic heterocycles. The molecule has 0 unspecified atom stereocenters. The molecule has 0 saturated heterocycles. The lowest BCUT2D eigenvalue weighted by molar-refractivity contribution is -0.127. The van der Waals surface area contributed by atoms with E-state index in [1.807, 2.05) is 23.6 Å². The molecule has 1 amide bonds. The van der Waals surface area contributed by atoms with Crippen molar-refractivity contribution >= 4 is 33.3 Å². The van der Waals surface area contributed by atoms with Crippen LogP contribution in [0.2, 0.25) is 0 Å². The van der Waals surface area contributed by atoms with Gasteiger partial charge in [-0.15, -0.1) is 0 Å². The summed E-state index contributed by atoms with van der Waals surface area (Å²) >= 11 is 3.55. The molecule has 2 heterocycles. The molecule has 0 atom stereocenters. The van der Waals surface area contributed by atoms with Crippen molar-refractivity contribution in [1.29, 1.82) is 0 Å². The fourth-order valence-electron chi connectivity index (χ4n) is 2.23. The standard InChI is InChI=1S/C15H21BrN4O2/c1-9-5-12-18-14(17-7-13(21)19-22)11(6-15(2,3)4)20(12)8-10(9)16/h5,8,17,22H,6-7H2,1-4H3,(H,19,21). The predicted octanol–water partition coefficient (Wildman–Crippen LogP) is 2.91. The van der Waals surface area contributed by atoms with Gasteiger partial charge in [-0.3, -0.25) is 10.0 Å². The van der Waals surface area contributed by atoms with Crippen LogP contribution in [0.4, 0.5) is 5.82 Å². The smallest absolute Gasteiger partial charge is 0.262 e. The Labute approximate surface area is 138 Å². The molecule has 0 aliphatic heterocycles. The molecule has 2 aromatic rings. The third-order valence-corrected chi connectivity index (χ3v) is 4.07. The zero-order chi connectivity index (χ0) is 16.5. The van der Waals surface area contributed by atoms with Crippen molar-refractivity contribution in [2.45, 2.75) is 34.1 Å². The summed E-state index contributed by atoms with van der Waals surface area (Å²) in [5, 5.41) is 11.6. The van der Waals surface area contributed by atoms with Crippen LogP contribution in [0.3, 0.4) is 0 Å². The number of rotatable bonds is 4. The number of hydrogen-bond donors (Lipinski definition) is 3. The van der Waals surface area contributed by atoms with Gasteiger partial charge in [0.2, 0.25) is 0 Å². The number of anilines is 1. The maximum absolute atomic E-state index is 11.2. The van der Waals surface area contributed by atoms with Crippen LogP contribution in [0.15, 0.2) is 16.7 Å². The van der Waals surface area contributed by atoms with Crippen molar-refractivity contribution in [1.82, 2.24) is 14.9 Å². The highest BCUT2D eigenvalue weighted by Crippen LogP contribution is 2.29. The molecule has 0 fully saturated rings. The minimum Gasteiger partial charge on any atom is -0.359 e. The number of pyridine rings is 1. The van der Waals surface area contributed by atoms with E-state index in [1.54, 1.807) is 5.48 Å². The first kappa shape index (κ1) is 16.8. The van der Waals surface area contributed by atoms with Gasteiger partial charge in [-0.1, -0.05) is 20.8 Å². The third kappa shape index (κ3) is 3.78. The number of imidazole rings is 1. The molecule has 3 N–H and O–H groups in total. The minimum absolute atomic E-state index is 0.0301. The van der Waals surface area contributed by atoms with Gasteiger partial charge in [0.25, 0.3) is 5.91 Å². The molecule has 6 nitrogen and oxygen atoms in total. The van der Waals surface area contributed by atoms with E-state index < -0.39 is 5.91 Å². The van der Waals surface area contributed by atoms with Gasteiger partial charge in [-0.25, -0.2) is 10.5 Å². The number of amides is 1. The second-order valence-corrected chi connectivity index (χ2v) is 7.42. The van der Waals surface area contributed by atoms with Crippen molar-refractivity contribution in [3.63, 3.8) is 0 Å². The van der Waals surface area contributed by atoms with Gasteiger partial charge in [0.05, 0.1) is 12.2 Å². The van der Waals surface area contributed by atoms with E-state index in [-0.39, 0.29) is 12.0 Å². The second-order valence-electron chi connectivity index (χ2n) is 6.57. The second kappa shape index (κ2) is 6.26. The van der Waals surface area contributed by atoms with E-state index >= 15 is 0 Å². The Bertz CT molecular complexity index is 704. The molecule has 0 aliphatic carbocycles. The number of fused-ring (bicyclic) bond motifs is 1. The first-order valence-electron chi connectivity index (χ1n) is 7.05. The lowest BCUT2D eigenvalue weighted by atomic mass is 9.90. The minimum atomic E-state index is -0.504. The maximum atomic E-state index is 11.2. The Morgan fingerprint density at radius 2 is 2.14 bits per heavy atom. The normalized spacial score (nSPS) is 11.7. The lowest BCUT2D eigenvalue weighted by Crippen LogP contribution is -2.27. The first-order valence-corrected chi connectivity index (χ1v) is 7.84. The van der Waals surface area contributed by atoms with Crippen LogP contribution in [0.5, 0.6) is 0 Å². The summed E-state index contributed by atoms with van der Waals surface area (Å²) in [5.41, 5.74) is 4.61. The van der Waals surface area contributed by atoms with E-state index in [9.17, 15) is 4.79 Å². The molecule has 0 radical (unpaired) electrons. The van der Waals surface area contributed by atoms with Crippen molar-refractivity contribution in [2.75, 3.05) is 11.9 Å². The average molecular weight is 369 g/mol. The highest BCUT2D eigenvalue weighted by atomic mass is 79.9. The van der Waals surface area contributed by atoms with Gasteiger partial charge in [-0.2, -0.15) is 0 Å². The van der Waals surface area contributed by atoms with Crippen LogP contribution < -0.4 is 10.8 Å². The molecule has 0 saturated carbocycles. The topological polar surface area (TPSA) is 78.7 Å². The van der Waals surface area contributed by atoms with Crippen LogP contribution in [-0.2, 0) is 11.2 Å². The molecule has 22 heavy (non-hydrogen) atoms. The predicted molar refractivity (Wildman–Crippen MR) is 89.2 cm³/mol. The van der Waals surface area contributed by atoms with Crippen LogP contribution in [0, 0.1) is 12.3 Å². The number of carbonyl (C=O) groups is 1. The highest BCUT2D eigenvalue weighted by molar-refractivity contribution is 9.10. The van der Waals surface area contributed by atoms with Gasteiger partial charge < -0.3 is 9.72 Å². The molecule has 0 bridgehead atoms. The number of hydroxylamine groups is 1. The van der Waals surface area contributed by atoms with E-state index in [2.05, 4.69) is 47.0 Å². The molecular weight excluding hydrogens is 348 g/mol. The molecule has 7 heteroatoms. The van der Waals surface area contributed by atoms with Gasteiger partial charge in [-0.05, 0) is 46.3 Å². The number of nitrogens with zero attached hydrogens (tertiary/aromatic N) is 2. The van der Waals surface area contributed by atoms with Crippen molar-refractivity contribution < 1.29 is 10.0 Å². The fourth-order valence-corrected chi connectivity index (χ4v) is 2.54. The Hall–Kier alpha value is -1.60. The van der Waals surface area contributed by atoms with Gasteiger partial charge in [0.15, 0.2) is 0 Å². The average Bonchev–Trinajstić information content (AvgIpc) is 2.72. The Morgan fingerprint density at radius 3 is 2.73 bits per heavy atom. The van der Waals surface area contributed by atoms with E-state index in [1.165, 1.54) is 0 Å². The summed E-state index contributed by atoms with van der Waals surface area (Å²) in [6, 6.07) is 1.99. The molecule has 0 aliphatic rings. The van der Waals surface area contributed by atoms with Crippen molar-refractivity contribution in [3.05, 3.63) is 28.0 Å². The molecule has 120 valence electrons. The monoisotopic (exact) mass is 368 g/mol. The largest absolute Gasteiger partial charge is 0.359 e. The summed E-state index contributed by atoms with van der Waals surface area (Å²) in [6.07, 6.45) is 2.79. The molecule has 0 aromatic carbocycles. The van der Waals surface area contributed by atoms with Crippen LogP contribution in [0.25, 0.3) is 5.65 Å². The number of nitrogens with one attached hydrogen (secondary N) is 2. The number of halogens is 1. The van der Waals surface area contributed by atoms with Crippen molar-refractivity contribution in [3.8, 4) is 0 Å². The SMILES string of the molecule is Cc1cc2nc(NCC(=O)NO)c(CC(C)(C)C)n2cc1Br. The highest BCUT2D eigenvalue weighted by Gasteiger charge is 2.20. The van der Waals surface area contributed by atoms with Gasteiger partial charge in [0.1, 0.15) is 11.5 Å². The summed E-state index contributed by atoms with van der Waals surface area (Å²) in [5.74, 6) is 0.159. The molecular formula is C15H21BrN4O2. The number of hydrogen-bond acceptors (Lipinski definition) is 4. The number of aromatic nitrogens is 2. The van der Waals surface area contributed by atoms with Gasteiger partial charge in [0, 0.05) is 10.7 Å². The Balaban J connectivity index is 2.48. The molecule has 2 rings (SSSR count). The van der Waals surface area contributed by atoms with Crippen LogP contribution in [0.1, 0.15) is 32.0 Å². The maximum Gasteiger partial charge on any atom is 0.262 e. The van der Waals surface area contributed by atoms with Crippen molar-refractivity contribution in [2.24, 2.45) is 5.41 Å². The molecule has 0 spiro atoms. The number of carbonyl (C=O) groups excluding carboxylic acids is 1. The summed E-state index contributed by atoms with van der Waals surface area (Å²) in [4.78, 5) is 15.8. The van der Waals surface area contributed by atoms with Gasteiger partial charge >= 0.3 is 0 Å². The fraction of sp³-hybridized carbons (Fsp3) is 0.467. The zero-order valence-corrected chi connectivity index (χ0v) is 14.8. The van der Waals surface area contributed by atoms with E-state index in [0.29, 0.717) is 5.82 Å². The van der Waals surface area contributed by atoms with Crippen LogP contribution >= 0.6 is 15.9 Å².